The van der Waals surface area contributed by atoms with Gasteiger partial charge in [0.2, 0.25) is 5.91 Å². The van der Waals surface area contributed by atoms with Crippen LogP contribution in [-0.2, 0) is 4.79 Å². The van der Waals surface area contributed by atoms with E-state index in [1.807, 2.05) is 31.2 Å². The van der Waals surface area contributed by atoms with E-state index in [0.29, 0.717) is 0 Å². The van der Waals surface area contributed by atoms with E-state index in [2.05, 4.69) is 5.32 Å². The maximum Gasteiger partial charge on any atom is 0.242 e. The second-order valence-electron chi connectivity index (χ2n) is 2.97. The smallest absolute Gasteiger partial charge is 0.242 e. The lowest BCUT2D eigenvalue weighted by atomic mass is 10.2. The number of hydrogen-bond acceptors (Lipinski definition) is 1. The Bertz CT molecular complexity index is 292. The molecule has 0 spiro atoms. The van der Waals surface area contributed by atoms with Gasteiger partial charge in [-0.25, -0.2) is 0 Å². The van der Waals surface area contributed by atoms with E-state index >= 15 is 0 Å². The highest BCUT2D eigenvalue weighted by Crippen LogP contribution is 2.09. The van der Waals surface area contributed by atoms with E-state index < -0.39 is 5.38 Å². The number of benzene rings is 1. The standard InChI is InChI=1S/C10H12ClNO/c1-7-3-5-9(6-4-7)12-10(13)8(2)11/h3-6,8H,1-2H3,(H,12,13). The van der Waals surface area contributed by atoms with Gasteiger partial charge in [0.25, 0.3) is 0 Å². The third-order valence-corrected chi connectivity index (χ3v) is 1.88. The Balaban J connectivity index is 2.65. The molecule has 70 valence electrons. The van der Waals surface area contributed by atoms with Crippen LogP contribution >= 0.6 is 11.6 Å². The van der Waals surface area contributed by atoms with Crippen molar-refractivity contribution in [2.45, 2.75) is 19.2 Å². The fraction of sp³-hybridized carbons (Fsp3) is 0.300. The van der Waals surface area contributed by atoms with Gasteiger partial charge in [-0.1, -0.05) is 17.7 Å². The van der Waals surface area contributed by atoms with Crippen molar-refractivity contribution >= 4 is 23.2 Å². The minimum atomic E-state index is -0.499. The third-order valence-electron chi connectivity index (χ3n) is 1.68. The molecular weight excluding hydrogens is 186 g/mol. The zero-order valence-corrected chi connectivity index (χ0v) is 8.43. The van der Waals surface area contributed by atoms with Gasteiger partial charge in [-0.2, -0.15) is 0 Å². The number of rotatable bonds is 2. The van der Waals surface area contributed by atoms with Gasteiger partial charge in [0.05, 0.1) is 0 Å². The van der Waals surface area contributed by atoms with Crippen molar-refractivity contribution < 1.29 is 4.79 Å². The predicted octanol–water partition coefficient (Wildman–Crippen LogP) is 2.56. The predicted molar refractivity (Wildman–Crippen MR) is 55.1 cm³/mol. The molecule has 3 heteroatoms. The molecule has 1 unspecified atom stereocenters. The Hall–Kier alpha value is -1.02. The van der Waals surface area contributed by atoms with Crippen LogP contribution in [0.1, 0.15) is 12.5 Å². The lowest BCUT2D eigenvalue weighted by molar-refractivity contribution is -0.115. The molecule has 0 aliphatic rings. The summed E-state index contributed by atoms with van der Waals surface area (Å²) in [5.41, 5.74) is 1.94. The highest BCUT2D eigenvalue weighted by atomic mass is 35.5. The van der Waals surface area contributed by atoms with Crippen LogP contribution < -0.4 is 5.32 Å². The molecule has 1 amide bonds. The Morgan fingerprint density at radius 2 is 1.92 bits per heavy atom. The zero-order valence-electron chi connectivity index (χ0n) is 7.67. The van der Waals surface area contributed by atoms with Crippen molar-refractivity contribution in [2.24, 2.45) is 0 Å². The van der Waals surface area contributed by atoms with Gasteiger partial charge in [-0.05, 0) is 26.0 Å². The van der Waals surface area contributed by atoms with Gasteiger partial charge >= 0.3 is 0 Å². The van der Waals surface area contributed by atoms with Gasteiger partial charge in [-0.15, -0.1) is 11.6 Å². The molecule has 1 aromatic rings. The summed E-state index contributed by atoms with van der Waals surface area (Å²) in [7, 11) is 0. The van der Waals surface area contributed by atoms with E-state index in [1.54, 1.807) is 6.92 Å². The van der Waals surface area contributed by atoms with Gasteiger partial charge in [0.1, 0.15) is 5.38 Å². The van der Waals surface area contributed by atoms with Crippen LogP contribution in [0.5, 0.6) is 0 Å². The maximum atomic E-state index is 11.2. The van der Waals surface area contributed by atoms with Gasteiger partial charge in [0, 0.05) is 5.69 Å². The van der Waals surface area contributed by atoms with Crippen molar-refractivity contribution in [3.8, 4) is 0 Å². The molecule has 0 saturated carbocycles. The number of anilines is 1. The van der Waals surface area contributed by atoms with E-state index in [1.165, 1.54) is 0 Å². The second kappa shape index (κ2) is 4.28. The number of aryl methyl sites for hydroxylation is 1. The molecule has 0 aromatic heterocycles. The number of amides is 1. The lowest BCUT2D eigenvalue weighted by Gasteiger charge is -2.06. The first-order chi connectivity index (χ1) is 6.09. The highest BCUT2D eigenvalue weighted by Gasteiger charge is 2.08. The molecule has 1 N–H and O–H groups in total. The topological polar surface area (TPSA) is 29.1 Å². The van der Waals surface area contributed by atoms with E-state index in [4.69, 9.17) is 11.6 Å². The first kappa shape index (κ1) is 10.1. The minimum Gasteiger partial charge on any atom is -0.325 e. The first-order valence-corrected chi connectivity index (χ1v) is 4.55. The quantitative estimate of drug-likeness (QED) is 0.726. The summed E-state index contributed by atoms with van der Waals surface area (Å²) >= 11 is 5.60. The van der Waals surface area contributed by atoms with Crippen LogP contribution in [0.3, 0.4) is 0 Å². The number of nitrogens with one attached hydrogen (secondary N) is 1. The van der Waals surface area contributed by atoms with Crippen molar-refractivity contribution in [3.63, 3.8) is 0 Å². The molecule has 0 fully saturated rings. The van der Waals surface area contributed by atoms with E-state index in [-0.39, 0.29) is 5.91 Å². The van der Waals surface area contributed by atoms with Crippen molar-refractivity contribution in [2.75, 3.05) is 5.32 Å². The molecule has 0 radical (unpaired) electrons. The SMILES string of the molecule is Cc1ccc(NC(=O)C(C)Cl)cc1. The fourth-order valence-electron chi connectivity index (χ4n) is 0.879. The number of hydrogen-bond donors (Lipinski definition) is 1. The minimum absolute atomic E-state index is 0.175. The zero-order chi connectivity index (χ0) is 9.84. The Morgan fingerprint density at radius 1 is 1.38 bits per heavy atom. The summed E-state index contributed by atoms with van der Waals surface area (Å²) in [6.45, 7) is 3.64. The average Bonchev–Trinajstić information content (AvgIpc) is 2.08. The molecule has 13 heavy (non-hydrogen) atoms. The number of halogens is 1. The monoisotopic (exact) mass is 197 g/mol. The third kappa shape index (κ3) is 3.07. The van der Waals surface area contributed by atoms with Crippen LogP contribution in [-0.4, -0.2) is 11.3 Å². The van der Waals surface area contributed by atoms with Crippen LogP contribution in [0.4, 0.5) is 5.69 Å². The van der Waals surface area contributed by atoms with Crippen LogP contribution in [0, 0.1) is 6.92 Å². The summed E-state index contributed by atoms with van der Waals surface area (Å²) in [5, 5.41) is 2.20. The summed E-state index contributed by atoms with van der Waals surface area (Å²) in [6.07, 6.45) is 0. The van der Waals surface area contributed by atoms with Crippen molar-refractivity contribution in [1.29, 1.82) is 0 Å². The molecular formula is C10H12ClNO. The van der Waals surface area contributed by atoms with Crippen LogP contribution in [0.2, 0.25) is 0 Å². The normalized spacial score (nSPS) is 12.2. The molecule has 0 aliphatic carbocycles. The molecule has 0 saturated heterocycles. The average molecular weight is 198 g/mol. The summed E-state index contributed by atoms with van der Waals surface area (Å²) < 4.78 is 0. The number of carbonyl (C=O) groups is 1. The molecule has 2 nitrogen and oxygen atoms in total. The highest BCUT2D eigenvalue weighted by molar-refractivity contribution is 6.32. The Labute approximate surface area is 82.9 Å². The molecule has 0 aliphatic heterocycles. The van der Waals surface area contributed by atoms with Gasteiger partial charge in [-0.3, -0.25) is 4.79 Å². The molecule has 1 atom stereocenters. The largest absolute Gasteiger partial charge is 0.325 e. The first-order valence-electron chi connectivity index (χ1n) is 4.11. The molecule has 0 bridgehead atoms. The summed E-state index contributed by atoms with van der Waals surface area (Å²) in [4.78, 5) is 11.2. The van der Waals surface area contributed by atoms with Crippen LogP contribution in [0.25, 0.3) is 0 Å². The van der Waals surface area contributed by atoms with Crippen molar-refractivity contribution in [3.05, 3.63) is 29.8 Å². The van der Waals surface area contributed by atoms with Crippen LogP contribution in [0.15, 0.2) is 24.3 Å². The summed E-state index contributed by atoms with van der Waals surface area (Å²) in [5.74, 6) is -0.175. The number of carbonyl (C=O) groups excluding carboxylic acids is 1. The van der Waals surface area contributed by atoms with Gasteiger partial charge in [0.15, 0.2) is 0 Å². The molecule has 1 aromatic carbocycles. The lowest BCUT2D eigenvalue weighted by Crippen LogP contribution is -2.20. The van der Waals surface area contributed by atoms with E-state index in [0.717, 1.165) is 11.3 Å². The Morgan fingerprint density at radius 3 is 2.38 bits per heavy atom. The molecule has 0 heterocycles. The Kier molecular flexibility index (Phi) is 3.32. The fourth-order valence-corrected chi connectivity index (χ4v) is 0.933. The summed E-state index contributed by atoms with van der Waals surface area (Å²) in [6, 6.07) is 7.59. The second-order valence-corrected chi connectivity index (χ2v) is 3.63. The number of alkyl halides is 1. The van der Waals surface area contributed by atoms with Gasteiger partial charge < -0.3 is 5.32 Å². The maximum absolute atomic E-state index is 11.2. The molecule has 1 rings (SSSR count). The van der Waals surface area contributed by atoms with Crippen molar-refractivity contribution in [1.82, 2.24) is 0 Å². The van der Waals surface area contributed by atoms with E-state index in [9.17, 15) is 4.79 Å².